The second-order valence-electron chi connectivity index (χ2n) is 7.58. The van der Waals surface area contributed by atoms with Gasteiger partial charge >= 0.3 is 12.1 Å². The lowest BCUT2D eigenvalue weighted by Gasteiger charge is -2.07. The third-order valence-corrected chi connectivity index (χ3v) is 5.33. The third kappa shape index (κ3) is 4.61. The van der Waals surface area contributed by atoms with Crippen molar-refractivity contribution in [3.63, 3.8) is 0 Å². The number of benzene rings is 4. The lowest BCUT2D eigenvalue weighted by Crippen LogP contribution is -2.14. The Balaban J connectivity index is 1.43. The van der Waals surface area contributed by atoms with Crippen LogP contribution in [0.2, 0.25) is 0 Å². The second-order valence-corrected chi connectivity index (χ2v) is 7.58. The predicted octanol–water partition coefficient (Wildman–Crippen LogP) is 6.67. The number of oxazole rings is 1. The molecular weight excluding hydrogens is 430 g/mol. The molecule has 0 radical (unpaired) electrons. The van der Waals surface area contributed by atoms with E-state index in [0.717, 1.165) is 27.6 Å². The van der Waals surface area contributed by atoms with Gasteiger partial charge in [-0.2, -0.15) is 0 Å². The summed E-state index contributed by atoms with van der Waals surface area (Å²) < 4.78 is 22.1. The van der Waals surface area contributed by atoms with Crippen LogP contribution >= 0.6 is 0 Å². The molecule has 0 spiro atoms. The van der Waals surface area contributed by atoms with Crippen LogP contribution in [0, 0.1) is 0 Å². The number of carbonyl (C=O) groups excluding carboxylic acids is 1. The van der Waals surface area contributed by atoms with Gasteiger partial charge in [-0.1, -0.05) is 66.7 Å². The van der Waals surface area contributed by atoms with Crippen LogP contribution in [-0.4, -0.2) is 18.2 Å². The molecule has 1 aromatic heterocycles. The number of methoxy groups -OCH3 is 1. The van der Waals surface area contributed by atoms with Crippen molar-refractivity contribution in [2.75, 3.05) is 7.11 Å². The first-order chi connectivity index (χ1) is 16.7. The number of rotatable bonds is 6. The first-order valence-corrected chi connectivity index (χ1v) is 10.7. The fourth-order valence-electron chi connectivity index (χ4n) is 3.65. The van der Waals surface area contributed by atoms with Gasteiger partial charge in [-0.25, -0.2) is 9.78 Å². The zero-order valence-electron chi connectivity index (χ0n) is 18.4. The molecule has 5 aromatic rings. The average molecular weight is 451 g/mol. The van der Waals surface area contributed by atoms with Crippen molar-refractivity contribution in [3.8, 4) is 28.9 Å². The van der Waals surface area contributed by atoms with Crippen LogP contribution in [0.25, 0.3) is 22.2 Å². The monoisotopic (exact) mass is 451 g/mol. The van der Waals surface area contributed by atoms with Gasteiger partial charge in [0.15, 0.2) is 0 Å². The van der Waals surface area contributed by atoms with Gasteiger partial charge < -0.3 is 18.6 Å². The Hall–Kier alpha value is -4.58. The highest BCUT2D eigenvalue weighted by molar-refractivity contribution is 5.89. The van der Waals surface area contributed by atoms with Crippen LogP contribution in [-0.2, 0) is 6.42 Å². The molecule has 0 aliphatic carbocycles. The first-order valence-electron chi connectivity index (χ1n) is 10.7. The SMILES string of the molecule is COc1ccc(-c2nc(Cc3ccccc3)c(OC(=O)Oc3cccc4ccccc34)o2)cc1. The maximum atomic E-state index is 12.7. The summed E-state index contributed by atoms with van der Waals surface area (Å²) in [6.07, 6.45) is -0.472. The van der Waals surface area contributed by atoms with Crippen molar-refractivity contribution in [2.24, 2.45) is 0 Å². The molecule has 0 amide bonds. The minimum atomic E-state index is -0.900. The van der Waals surface area contributed by atoms with E-state index < -0.39 is 6.16 Å². The number of carbonyl (C=O) groups is 1. The van der Waals surface area contributed by atoms with E-state index in [2.05, 4.69) is 4.98 Å². The van der Waals surface area contributed by atoms with Gasteiger partial charge in [0.05, 0.1) is 7.11 Å². The molecule has 0 aliphatic rings. The fraction of sp³-hybridized carbons (Fsp3) is 0.0714. The predicted molar refractivity (Wildman–Crippen MR) is 128 cm³/mol. The first kappa shape index (κ1) is 21.3. The minimum absolute atomic E-state index is 0.0000854. The van der Waals surface area contributed by atoms with E-state index in [4.69, 9.17) is 18.6 Å². The highest BCUT2D eigenvalue weighted by atomic mass is 16.8. The molecule has 168 valence electrons. The quantitative estimate of drug-likeness (QED) is 0.212. The minimum Gasteiger partial charge on any atom is -0.497 e. The third-order valence-electron chi connectivity index (χ3n) is 5.33. The average Bonchev–Trinajstić information content (AvgIpc) is 3.26. The van der Waals surface area contributed by atoms with Crippen LogP contribution in [0.1, 0.15) is 11.3 Å². The van der Waals surface area contributed by atoms with Crippen molar-refractivity contribution in [1.82, 2.24) is 4.98 Å². The molecule has 34 heavy (non-hydrogen) atoms. The zero-order chi connectivity index (χ0) is 23.3. The maximum absolute atomic E-state index is 12.7. The Morgan fingerprint density at radius 2 is 1.56 bits per heavy atom. The molecule has 0 fully saturated rings. The van der Waals surface area contributed by atoms with E-state index in [1.54, 1.807) is 13.2 Å². The van der Waals surface area contributed by atoms with Crippen molar-refractivity contribution >= 4 is 16.9 Å². The smallest absolute Gasteiger partial charge is 0.497 e. The maximum Gasteiger partial charge on any atom is 0.521 e. The van der Waals surface area contributed by atoms with Gasteiger partial charge in [0, 0.05) is 17.4 Å². The molecular formula is C28H21NO5. The summed E-state index contributed by atoms with van der Waals surface area (Å²) >= 11 is 0. The topological polar surface area (TPSA) is 70.8 Å². The van der Waals surface area contributed by atoms with Gasteiger partial charge in [-0.05, 0) is 41.3 Å². The van der Waals surface area contributed by atoms with Crippen molar-refractivity contribution in [3.05, 3.63) is 108 Å². The molecule has 0 unspecified atom stereocenters. The van der Waals surface area contributed by atoms with Crippen molar-refractivity contribution in [2.45, 2.75) is 6.42 Å². The Morgan fingerprint density at radius 3 is 2.35 bits per heavy atom. The summed E-state index contributed by atoms with van der Waals surface area (Å²) in [5.41, 5.74) is 2.23. The van der Waals surface area contributed by atoms with Crippen LogP contribution < -0.4 is 14.2 Å². The van der Waals surface area contributed by atoms with Crippen LogP contribution in [0.15, 0.2) is 101 Å². The molecule has 0 bridgehead atoms. The van der Waals surface area contributed by atoms with E-state index in [1.165, 1.54) is 0 Å². The molecule has 0 N–H and O–H groups in total. The summed E-state index contributed by atoms with van der Waals surface area (Å²) in [5, 5.41) is 1.77. The summed E-state index contributed by atoms with van der Waals surface area (Å²) in [6, 6.07) is 30.2. The van der Waals surface area contributed by atoms with Gasteiger partial charge in [-0.15, -0.1) is 0 Å². The van der Waals surface area contributed by atoms with E-state index >= 15 is 0 Å². The molecule has 0 saturated heterocycles. The van der Waals surface area contributed by atoms with Crippen molar-refractivity contribution in [1.29, 1.82) is 0 Å². The van der Waals surface area contributed by atoms with Gasteiger partial charge in [0.25, 0.3) is 0 Å². The van der Waals surface area contributed by atoms with Gasteiger partial charge in [0.1, 0.15) is 17.2 Å². The Kier molecular flexibility index (Phi) is 5.95. The van der Waals surface area contributed by atoms with Crippen LogP contribution in [0.3, 0.4) is 0 Å². The summed E-state index contributed by atoms with van der Waals surface area (Å²) in [5.74, 6) is 1.46. The fourth-order valence-corrected chi connectivity index (χ4v) is 3.65. The highest BCUT2D eigenvalue weighted by Gasteiger charge is 2.21. The lowest BCUT2D eigenvalue weighted by atomic mass is 10.1. The molecule has 1 heterocycles. The largest absolute Gasteiger partial charge is 0.521 e. The molecule has 6 heteroatoms. The Bertz CT molecular complexity index is 1420. The molecule has 4 aromatic carbocycles. The van der Waals surface area contributed by atoms with Gasteiger partial charge in [0.2, 0.25) is 5.89 Å². The summed E-state index contributed by atoms with van der Waals surface area (Å²) in [4.78, 5) is 17.3. The molecule has 0 aliphatic heterocycles. The number of hydrogen-bond donors (Lipinski definition) is 0. The van der Waals surface area contributed by atoms with Crippen LogP contribution in [0.4, 0.5) is 4.79 Å². The zero-order valence-corrected chi connectivity index (χ0v) is 18.4. The molecule has 0 atom stereocenters. The Morgan fingerprint density at radius 1 is 0.824 bits per heavy atom. The van der Waals surface area contributed by atoms with E-state index in [-0.39, 0.29) is 5.95 Å². The van der Waals surface area contributed by atoms with E-state index in [9.17, 15) is 4.79 Å². The molecule has 0 saturated carbocycles. The summed E-state index contributed by atoms with van der Waals surface area (Å²) in [6.45, 7) is 0. The van der Waals surface area contributed by atoms with E-state index in [1.807, 2.05) is 91.0 Å². The number of aromatic nitrogens is 1. The normalized spacial score (nSPS) is 10.7. The molecule has 5 rings (SSSR count). The molecule has 6 nitrogen and oxygen atoms in total. The standard InChI is InChI=1S/C28H21NO5/c1-31-22-16-14-21(15-17-22)26-29-24(18-19-8-3-2-4-9-19)27(33-26)34-28(30)32-25-13-7-11-20-10-5-6-12-23(20)25/h2-17H,18H2,1H3. The highest BCUT2D eigenvalue weighted by Crippen LogP contribution is 2.31. The number of hydrogen-bond acceptors (Lipinski definition) is 6. The number of ether oxygens (including phenoxy) is 3. The lowest BCUT2D eigenvalue weighted by molar-refractivity contribution is 0.140. The number of fused-ring (bicyclic) bond motifs is 1. The summed E-state index contributed by atoms with van der Waals surface area (Å²) in [7, 11) is 1.60. The van der Waals surface area contributed by atoms with E-state index in [0.29, 0.717) is 23.8 Å². The number of nitrogens with zero attached hydrogens (tertiary/aromatic N) is 1. The van der Waals surface area contributed by atoms with Crippen molar-refractivity contribution < 1.29 is 23.4 Å². The van der Waals surface area contributed by atoms with Crippen LogP contribution in [0.5, 0.6) is 17.4 Å². The Labute approximate surface area is 196 Å². The van der Waals surface area contributed by atoms with Gasteiger partial charge in [-0.3, -0.25) is 0 Å². The second kappa shape index (κ2) is 9.50.